The third-order valence-corrected chi connectivity index (χ3v) is 3.82. The second kappa shape index (κ2) is 8.47. The second-order valence-electron chi connectivity index (χ2n) is 5.71. The molecule has 0 atom stereocenters. The zero-order valence-electron chi connectivity index (χ0n) is 15.0. The molecule has 0 aliphatic heterocycles. The number of ether oxygens (including phenoxy) is 1. The van der Waals surface area contributed by atoms with Crippen LogP contribution in [0.1, 0.15) is 26.5 Å². The van der Waals surface area contributed by atoms with Crippen LogP contribution in [0.3, 0.4) is 0 Å². The lowest BCUT2D eigenvalue weighted by Crippen LogP contribution is -2.18. The van der Waals surface area contributed by atoms with Crippen molar-refractivity contribution in [1.82, 2.24) is 4.98 Å². The topological polar surface area (TPSA) is 104 Å². The van der Waals surface area contributed by atoms with E-state index >= 15 is 0 Å². The summed E-state index contributed by atoms with van der Waals surface area (Å²) in [6.07, 6.45) is 0. The fourth-order valence-electron chi connectivity index (χ4n) is 2.48. The molecule has 1 aromatic heterocycles. The van der Waals surface area contributed by atoms with E-state index in [0.29, 0.717) is 22.7 Å². The molecule has 1 heterocycles. The Labute approximate surface area is 161 Å². The van der Waals surface area contributed by atoms with E-state index in [-0.39, 0.29) is 11.4 Å². The monoisotopic (exact) mass is 372 g/mol. The summed E-state index contributed by atoms with van der Waals surface area (Å²) in [4.78, 5) is 29.1. The molecule has 0 unspecified atom stereocenters. The Balaban J connectivity index is 1.76. The maximum Gasteiger partial charge on any atom is 0.274 e. The summed E-state index contributed by atoms with van der Waals surface area (Å²) in [6, 6.07) is 20.1. The van der Waals surface area contributed by atoms with Crippen LogP contribution in [0.5, 0.6) is 5.75 Å². The van der Waals surface area contributed by atoms with Crippen molar-refractivity contribution in [3.05, 3.63) is 83.7 Å². The Morgan fingerprint density at radius 3 is 2.32 bits per heavy atom. The van der Waals surface area contributed by atoms with Crippen LogP contribution < -0.4 is 15.4 Å². The van der Waals surface area contributed by atoms with Gasteiger partial charge in [0, 0.05) is 5.69 Å². The number of pyridine rings is 1. The summed E-state index contributed by atoms with van der Waals surface area (Å²) in [7, 11) is 1.51. The van der Waals surface area contributed by atoms with Crippen LogP contribution in [0.2, 0.25) is 0 Å². The van der Waals surface area contributed by atoms with Gasteiger partial charge in [-0.1, -0.05) is 24.3 Å². The van der Waals surface area contributed by atoms with Crippen molar-refractivity contribution in [3.63, 3.8) is 0 Å². The number of nitrogens with one attached hydrogen (secondary N) is 2. The Hall–Kier alpha value is -4.18. The van der Waals surface area contributed by atoms with Crippen LogP contribution in [-0.4, -0.2) is 23.9 Å². The van der Waals surface area contributed by atoms with Crippen molar-refractivity contribution in [3.8, 4) is 11.8 Å². The summed E-state index contributed by atoms with van der Waals surface area (Å²) >= 11 is 0. The minimum Gasteiger partial charge on any atom is -0.495 e. The number of carbonyl (C=O) groups is 2. The molecule has 28 heavy (non-hydrogen) atoms. The van der Waals surface area contributed by atoms with Crippen LogP contribution in [0.25, 0.3) is 0 Å². The quantitative estimate of drug-likeness (QED) is 0.714. The van der Waals surface area contributed by atoms with Crippen molar-refractivity contribution in [2.75, 3.05) is 17.7 Å². The predicted octanol–water partition coefficient (Wildman–Crippen LogP) is 3.47. The third-order valence-electron chi connectivity index (χ3n) is 3.82. The number of anilines is 2. The van der Waals surface area contributed by atoms with Crippen LogP contribution in [-0.2, 0) is 0 Å². The number of carbonyl (C=O) groups excluding carboxylic acids is 2. The van der Waals surface area contributed by atoms with E-state index in [1.54, 1.807) is 54.6 Å². The Bertz CT molecular complexity index is 1070. The molecule has 3 aromatic rings. The lowest BCUT2D eigenvalue weighted by atomic mass is 10.2. The maximum absolute atomic E-state index is 12.5. The van der Waals surface area contributed by atoms with Crippen molar-refractivity contribution in [2.45, 2.75) is 0 Å². The van der Waals surface area contributed by atoms with Crippen molar-refractivity contribution in [2.24, 2.45) is 0 Å². The van der Waals surface area contributed by atoms with Crippen LogP contribution in [0.15, 0.2) is 66.7 Å². The van der Waals surface area contributed by atoms with Gasteiger partial charge in [-0.3, -0.25) is 9.59 Å². The molecule has 138 valence electrons. The smallest absolute Gasteiger partial charge is 0.274 e. The summed E-state index contributed by atoms with van der Waals surface area (Å²) in [6.45, 7) is 0. The van der Waals surface area contributed by atoms with Crippen molar-refractivity contribution < 1.29 is 14.3 Å². The van der Waals surface area contributed by atoms with E-state index in [1.165, 1.54) is 19.2 Å². The Kier molecular flexibility index (Phi) is 5.63. The molecule has 3 rings (SSSR count). The lowest BCUT2D eigenvalue weighted by molar-refractivity contribution is 0.101. The fraction of sp³-hybridized carbons (Fsp3) is 0.0476. The summed E-state index contributed by atoms with van der Waals surface area (Å²) < 4.78 is 5.21. The van der Waals surface area contributed by atoms with E-state index in [1.807, 2.05) is 6.07 Å². The van der Waals surface area contributed by atoms with Gasteiger partial charge in [-0.25, -0.2) is 4.98 Å². The number of rotatable bonds is 5. The first-order valence-corrected chi connectivity index (χ1v) is 8.33. The number of hydrogen-bond acceptors (Lipinski definition) is 5. The highest BCUT2D eigenvalue weighted by atomic mass is 16.5. The highest BCUT2D eigenvalue weighted by Crippen LogP contribution is 2.23. The average molecular weight is 372 g/mol. The molecule has 2 aromatic carbocycles. The molecule has 0 radical (unpaired) electrons. The number of aromatic nitrogens is 1. The van der Waals surface area contributed by atoms with E-state index in [0.717, 1.165) is 0 Å². The van der Waals surface area contributed by atoms with Gasteiger partial charge in [-0.05, 0) is 42.5 Å². The highest BCUT2D eigenvalue weighted by Gasteiger charge is 2.14. The molecule has 0 aliphatic carbocycles. The third kappa shape index (κ3) is 4.31. The zero-order chi connectivity index (χ0) is 19.9. The first kappa shape index (κ1) is 18.6. The number of nitriles is 1. The molecule has 0 spiro atoms. The molecule has 7 nitrogen and oxygen atoms in total. The van der Waals surface area contributed by atoms with Gasteiger partial charge < -0.3 is 15.4 Å². The molecule has 2 amide bonds. The van der Waals surface area contributed by atoms with Gasteiger partial charge in [0.2, 0.25) is 0 Å². The number of benzene rings is 2. The van der Waals surface area contributed by atoms with E-state index in [2.05, 4.69) is 15.6 Å². The Morgan fingerprint density at radius 2 is 1.61 bits per heavy atom. The van der Waals surface area contributed by atoms with E-state index in [9.17, 15) is 9.59 Å². The first-order chi connectivity index (χ1) is 13.6. The van der Waals surface area contributed by atoms with Crippen LogP contribution in [0.4, 0.5) is 11.4 Å². The molecular formula is C21H16N4O3. The molecule has 0 fully saturated rings. The minimum atomic E-state index is -0.484. The van der Waals surface area contributed by atoms with Gasteiger partial charge >= 0.3 is 0 Å². The number of methoxy groups -OCH3 is 1. The first-order valence-electron chi connectivity index (χ1n) is 8.33. The average Bonchev–Trinajstić information content (AvgIpc) is 2.74. The SMILES string of the molecule is COc1ccccc1NC(=O)c1cccc(C(=O)Nc2cccc(C#N)c2)n1. The summed E-state index contributed by atoms with van der Waals surface area (Å²) in [5, 5.41) is 14.3. The lowest BCUT2D eigenvalue weighted by Gasteiger charge is -2.10. The van der Waals surface area contributed by atoms with Gasteiger partial charge in [0.15, 0.2) is 0 Å². The standard InChI is InChI=1S/C21H16N4O3/c1-28-19-11-3-2-8-16(19)25-21(27)18-10-5-9-17(24-18)20(26)23-15-7-4-6-14(12-15)13-22/h2-12H,1H3,(H,23,26)(H,25,27). The maximum atomic E-state index is 12.5. The summed E-state index contributed by atoms with van der Waals surface area (Å²) in [5.41, 5.74) is 1.56. The predicted molar refractivity (Wildman–Crippen MR) is 104 cm³/mol. The minimum absolute atomic E-state index is 0.0787. The van der Waals surface area contributed by atoms with Gasteiger partial charge in [-0.2, -0.15) is 5.26 Å². The normalized spacial score (nSPS) is 9.86. The molecule has 0 aliphatic rings. The zero-order valence-corrected chi connectivity index (χ0v) is 15.0. The van der Waals surface area contributed by atoms with Crippen LogP contribution >= 0.6 is 0 Å². The molecule has 0 saturated heterocycles. The number of nitrogens with zero attached hydrogens (tertiary/aromatic N) is 2. The van der Waals surface area contributed by atoms with Crippen molar-refractivity contribution >= 4 is 23.2 Å². The fourth-order valence-corrected chi connectivity index (χ4v) is 2.48. The second-order valence-corrected chi connectivity index (χ2v) is 5.71. The van der Waals surface area contributed by atoms with Gasteiger partial charge in [0.05, 0.1) is 24.4 Å². The number of para-hydroxylation sites is 2. The molecule has 2 N–H and O–H groups in total. The molecular weight excluding hydrogens is 356 g/mol. The van der Waals surface area contributed by atoms with E-state index in [4.69, 9.17) is 10.00 Å². The highest BCUT2D eigenvalue weighted by molar-refractivity contribution is 6.06. The molecule has 0 saturated carbocycles. The summed E-state index contributed by atoms with van der Waals surface area (Å²) in [5.74, 6) is -0.435. The van der Waals surface area contributed by atoms with Gasteiger partial charge in [-0.15, -0.1) is 0 Å². The van der Waals surface area contributed by atoms with Gasteiger partial charge in [0.25, 0.3) is 11.8 Å². The number of amides is 2. The molecule has 0 bridgehead atoms. The van der Waals surface area contributed by atoms with Crippen LogP contribution in [0, 0.1) is 11.3 Å². The van der Waals surface area contributed by atoms with Gasteiger partial charge in [0.1, 0.15) is 17.1 Å². The number of hydrogen-bond donors (Lipinski definition) is 2. The van der Waals surface area contributed by atoms with E-state index < -0.39 is 11.8 Å². The molecule has 7 heteroatoms. The Morgan fingerprint density at radius 1 is 0.929 bits per heavy atom. The van der Waals surface area contributed by atoms with Crippen molar-refractivity contribution in [1.29, 1.82) is 5.26 Å². The largest absolute Gasteiger partial charge is 0.495 e.